The average Bonchev–Trinajstić information content (AvgIpc) is 2.26. The van der Waals surface area contributed by atoms with E-state index in [1.165, 1.54) is 18.3 Å². The molecule has 1 N–H and O–H groups in total. The van der Waals surface area contributed by atoms with Crippen LogP contribution in [0.5, 0.6) is 0 Å². The van der Waals surface area contributed by atoms with E-state index in [1.54, 1.807) is 7.11 Å². The summed E-state index contributed by atoms with van der Waals surface area (Å²) >= 11 is 1.17. The fraction of sp³-hybridized carbons (Fsp3) is 0.364. The predicted molar refractivity (Wildman–Crippen MR) is 65.0 cm³/mol. The van der Waals surface area contributed by atoms with Gasteiger partial charge in [0.1, 0.15) is 18.5 Å². The van der Waals surface area contributed by atoms with Gasteiger partial charge in [-0.25, -0.2) is 0 Å². The van der Waals surface area contributed by atoms with Crippen molar-refractivity contribution in [2.45, 2.75) is 13.8 Å². The van der Waals surface area contributed by atoms with Crippen LogP contribution in [0.1, 0.15) is 13.8 Å². The third-order valence-corrected chi connectivity index (χ3v) is 2.11. The van der Waals surface area contributed by atoms with Gasteiger partial charge in [-0.05, 0) is 25.0 Å². The molecule has 0 aliphatic carbocycles. The van der Waals surface area contributed by atoms with Gasteiger partial charge in [0.25, 0.3) is 0 Å². The summed E-state index contributed by atoms with van der Waals surface area (Å²) in [6.45, 7) is 3.95. The maximum atomic E-state index is 10.1. The van der Waals surface area contributed by atoms with Gasteiger partial charge in [-0.2, -0.15) is 0 Å². The summed E-state index contributed by atoms with van der Waals surface area (Å²) in [4.78, 5) is 10.1. The number of carbonyl (C=O) groups excluding carboxylic acids is 1. The normalized spacial score (nSPS) is 14.7. The SMILES string of the molecule is C/C=C(\C=C/C(C)/C=C/C=O)NSOC. The minimum absolute atomic E-state index is 0.236. The Labute approximate surface area is 95.6 Å². The molecule has 0 bridgehead atoms. The van der Waals surface area contributed by atoms with Crippen LogP contribution < -0.4 is 4.72 Å². The van der Waals surface area contributed by atoms with Gasteiger partial charge in [-0.15, -0.1) is 0 Å². The van der Waals surface area contributed by atoms with Crippen molar-refractivity contribution in [2.24, 2.45) is 5.92 Å². The smallest absolute Gasteiger partial charge is 0.142 e. The van der Waals surface area contributed by atoms with Crippen LogP contribution in [0, 0.1) is 5.92 Å². The molecule has 0 aromatic carbocycles. The zero-order valence-corrected chi connectivity index (χ0v) is 10.1. The Bertz CT molecular complexity index is 259. The van der Waals surface area contributed by atoms with Gasteiger partial charge in [-0.3, -0.25) is 4.79 Å². The zero-order chi connectivity index (χ0) is 11.5. The highest BCUT2D eigenvalue weighted by Gasteiger charge is 1.92. The fourth-order valence-corrected chi connectivity index (χ4v) is 1.18. The van der Waals surface area contributed by atoms with Crippen LogP contribution in [0.2, 0.25) is 0 Å². The summed E-state index contributed by atoms with van der Waals surface area (Å²) in [5.41, 5.74) is 0.966. The quantitative estimate of drug-likeness (QED) is 0.238. The van der Waals surface area contributed by atoms with Crippen LogP contribution >= 0.6 is 12.2 Å². The molecular weight excluding hydrogens is 210 g/mol. The largest absolute Gasteiger partial charge is 0.307 e. The van der Waals surface area contributed by atoms with Gasteiger partial charge in [-0.1, -0.05) is 25.2 Å². The van der Waals surface area contributed by atoms with Crippen molar-refractivity contribution in [3.63, 3.8) is 0 Å². The first-order valence-corrected chi connectivity index (χ1v) is 5.41. The Morgan fingerprint density at radius 2 is 2.20 bits per heavy atom. The monoisotopic (exact) mass is 227 g/mol. The summed E-state index contributed by atoms with van der Waals surface area (Å²) in [6, 6.07) is 0. The molecule has 0 aromatic rings. The van der Waals surface area contributed by atoms with E-state index >= 15 is 0 Å². The van der Waals surface area contributed by atoms with Gasteiger partial charge < -0.3 is 8.91 Å². The topological polar surface area (TPSA) is 38.3 Å². The Morgan fingerprint density at radius 1 is 1.47 bits per heavy atom. The minimum atomic E-state index is 0.236. The van der Waals surface area contributed by atoms with Crippen molar-refractivity contribution in [1.82, 2.24) is 4.72 Å². The Hall–Kier alpha value is -1.00. The molecule has 0 saturated heterocycles. The number of hydrogen-bond acceptors (Lipinski definition) is 4. The molecule has 0 heterocycles. The Kier molecular flexibility index (Phi) is 8.91. The standard InChI is InChI=1S/C11H17NO2S/c1-4-11(12-15-14-3)8-7-10(2)6-5-9-13/h4-10,12H,1-3H3/b6-5+,8-7-,11-4+. The summed E-state index contributed by atoms with van der Waals surface area (Å²) in [7, 11) is 1.60. The van der Waals surface area contributed by atoms with Crippen molar-refractivity contribution in [2.75, 3.05) is 7.11 Å². The number of nitrogens with one attached hydrogen (secondary N) is 1. The van der Waals surface area contributed by atoms with E-state index in [4.69, 9.17) is 4.18 Å². The van der Waals surface area contributed by atoms with E-state index in [2.05, 4.69) is 4.72 Å². The van der Waals surface area contributed by atoms with E-state index in [0.717, 1.165) is 12.0 Å². The highest BCUT2D eigenvalue weighted by molar-refractivity contribution is 7.92. The highest BCUT2D eigenvalue weighted by atomic mass is 32.2. The number of allylic oxidation sites excluding steroid dienone is 5. The molecule has 0 aromatic heterocycles. The lowest BCUT2D eigenvalue weighted by molar-refractivity contribution is -0.104. The van der Waals surface area contributed by atoms with Crippen LogP contribution in [-0.4, -0.2) is 13.4 Å². The predicted octanol–water partition coefficient (Wildman–Crippen LogP) is 2.64. The molecule has 3 nitrogen and oxygen atoms in total. The summed E-state index contributed by atoms with van der Waals surface area (Å²) in [6.07, 6.45) is 10.0. The lowest BCUT2D eigenvalue weighted by atomic mass is 10.1. The molecule has 84 valence electrons. The summed E-state index contributed by atoms with van der Waals surface area (Å²) in [5, 5.41) is 0. The van der Waals surface area contributed by atoms with Crippen molar-refractivity contribution in [1.29, 1.82) is 0 Å². The molecule has 0 amide bonds. The van der Waals surface area contributed by atoms with Crippen molar-refractivity contribution >= 4 is 18.5 Å². The Balaban J connectivity index is 4.10. The van der Waals surface area contributed by atoms with Gasteiger partial charge in [0.15, 0.2) is 0 Å². The van der Waals surface area contributed by atoms with Crippen molar-refractivity contribution in [3.8, 4) is 0 Å². The first kappa shape index (κ1) is 14.0. The number of rotatable bonds is 7. The van der Waals surface area contributed by atoms with Gasteiger partial charge >= 0.3 is 0 Å². The van der Waals surface area contributed by atoms with E-state index in [9.17, 15) is 4.79 Å². The number of hydrogen-bond donors (Lipinski definition) is 1. The molecule has 1 atom stereocenters. The molecule has 1 unspecified atom stereocenters. The van der Waals surface area contributed by atoms with Gasteiger partial charge in [0.2, 0.25) is 0 Å². The van der Waals surface area contributed by atoms with E-state index < -0.39 is 0 Å². The molecule has 4 heteroatoms. The molecule has 0 fully saturated rings. The van der Waals surface area contributed by atoms with E-state index in [0.29, 0.717) is 0 Å². The van der Waals surface area contributed by atoms with Gasteiger partial charge in [0, 0.05) is 5.70 Å². The van der Waals surface area contributed by atoms with Crippen LogP contribution in [0.15, 0.2) is 36.1 Å². The third-order valence-electron chi connectivity index (χ3n) is 1.63. The summed E-state index contributed by atoms with van der Waals surface area (Å²) in [5.74, 6) is 0.236. The second kappa shape index (κ2) is 9.55. The van der Waals surface area contributed by atoms with Crippen molar-refractivity contribution in [3.05, 3.63) is 36.1 Å². The first-order valence-electron chi connectivity index (χ1n) is 4.66. The van der Waals surface area contributed by atoms with Crippen LogP contribution in [0.3, 0.4) is 0 Å². The van der Waals surface area contributed by atoms with Crippen LogP contribution in [-0.2, 0) is 8.98 Å². The first-order chi connectivity index (χ1) is 7.24. The lowest BCUT2D eigenvalue weighted by Crippen LogP contribution is -2.00. The molecule has 0 saturated carbocycles. The fourth-order valence-electron chi connectivity index (χ4n) is 0.819. The lowest BCUT2D eigenvalue weighted by Gasteiger charge is -2.03. The second-order valence-electron chi connectivity index (χ2n) is 2.84. The van der Waals surface area contributed by atoms with Gasteiger partial charge in [0.05, 0.1) is 7.11 Å². The average molecular weight is 227 g/mol. The molecule has 0 aliphatic rings. The molecule has 15 heavy (non-hydrogen) atoms. The number of aldehydes is 1. The zero-order valence-electron chi connectivity index (χ0n) is 9.27. The van der Waals surface area contributed by atoms with Crippen molar-refractivity contribution < 1.29 is 8.98 Å². The van der Waals surface area contributed by atoms with E-state index in [-0.39, 0.29) is 5.92 Å². The molecule has 0 aliphatic heterocycles. The maximum absolute atomic E-state index is 10.1. The summed E-state index contributed by atoms with van der Waals surface area (Å²) < 4.78 is 7.82. The Morgan fingerprint density at radius 3 is 2.73 bits per heavy atom. The molecule has 0 rings (SSSR count). The third kappa shape index (κ3) is 8.03. The second-order valence-corrected chi connectivity index (χ2v) is 3.54. The van der Waals surface area contributed by atoms with Crippen LogP contribution in [0.25, 0.3) is 0 Å². The highest BCUT2D eigenvalue weighted by Crippen LogP contribution is 2.05. The molecule has 0 spiro atoms. The number of carbonyl (C=O) groups is 1. The molecule has 0 radical (unpaired) electrons. The minimum Gasteiger partial charge on any atom is -0.307 e. The maximum Gasteiger partial charge on any atom is 0.142 e. The molecular formula is C11H17NO2S. The van der Waals surface area contributed by atoms with E-state index in [1.807, 2.05) is 38.2 Å². The van der Waals surface area contributed by atoms with Crippen LogP contribution in [0.4, 0.5) is 0 Å².